The molecule has 0 spiro atoms. The molecule has 2 aromatic rings. The molecule has 0 aliphatic carbocycles. The topological polar surface area (TPSA) is 89.5 Å². The van der Waals surface area contributed by atoms with E-state index in [9.17, 15) is 0 Å². The lowest BCUT2D eigenvalue weighted by Gasteiger charge is -2.48. The number of hydrogen-bond acceptors (Lipinski definition) is 8. The lowest BCUT2D eigenvalue weighted by atomic mass is 9.97. The van der Waals surface area contributed by atoms with E-state index >= 15 is 0 Å². The van der Waals surface area contributed by atoms with Crippen molar-refractivity contribution in [3.8, 4) is 0 Å². The van der Waals surface area contributed by atoms with Crippen molar-refractivity contribution >= 4 is 23.2 Å². The molecular weight excluding hydrogens is 498 g/mol. The third-order valence-electron chi connectivity index (χ3n) is 8.31. The van der Waals surface area contributed by atoms with Crippen LogP contribution in [0.1, 0.15) is 55.6 Å². The number of hydrogen-bond donors (Lipinski definition) is 1. The van der Waals surface area contributed by atoms with Gasteiger partial charge in [0.05, 0.1) is 5.69 Å². The van der Waals surface area contributed by atoms with E-state index in [0.29, 0.717) is 29.3 Å². The molecule has 4 rings (SSSR count). The lowest BCUT2D eigenvalue weighted by molar-refractivity contribution is 0.0610. The highest BCUT2D eigenvalue weighted by Gasteiger charge is 2.34. The summed E-state index contributed by atoms with van der Waals surface area (Å²) in [4.78, 5) is 19.3. The molecule has 9 heteroatoms. The van der Waals surface area contributed by atoms with Crippen LogP contribution < -0.4 is 10.6 Å². The first-order valence-corrected chi connectivity index (χ1v) is 14.5. The van der Waals surface area contributed by atoms with Gasteiger partial charge in [-0.3, -0.25) is 9.80 Å². The third-order valence-corrected chi connectivity index (χ3v) is 8.31. The zero-order valence-corrected chi connectivity index (χ0v) is 25.3. The predicted octanol–water partition coefficient (Wildman–Crippen LogP) is 4.11. The Bertz CT molecular complexity index is 1210. The smallest absolute Gasteiger partial charge is 0.154 e. The first kappa shape index (κ1) is 29.7. The summed E-state index contributed by atoms with van der Waals surface area (Å²) < 4.78 is 0. The van der Waals surface area contributed by atoms with Crippen LogP contribution in [-0.2, 0) is 6.54 Å². The second kappa shape index (κ2) is 13.4. The minimum Gasteiger partial charge on any atom is -0.382 e. The number of benzene rings is 1. The highest BCUT2D eigenvalue weighted by Crippen LogP contribution is 2.28. The van der Waals surface area contributed by atoms with E-state index in [2.05, 4.69) is 69.6 Å². The quantitative estimate of drug-likeness (QED) is 0.303. The molecule has 2 N–H and O–H groups in total. The van der Waals surface area contributed by atoms with Gasteiger partial charge >= 0.3 is 0 Å². The van der Waals surface area contributed by atoms with Crippen LogP contribution in [0.2, 0.25) is 0 Å². The molecule has 3 heterocycles. The minimum absolute atomic E-state index is 0.355. The van der Waals surface area contributed by atoms with Crippen molar-refractivity contribution in [3.63, 3.8) is 0 Å². The number of nitrogens with two attached hydrogens (primary N) is 1. The number of nitrogens with zero attached hydrogens (tertiary/aromatic N) is 8. The Labute approximate surface area is 240 Å². The molecule has 2 saturated heterocycles. The molecule has 1 aromatic heterocycles. The first-order valence-electron chi connectivity index (χ1n) is 14.5. The Balaban J connectivity index is 1.40. The monoisotopic (exact) mass is 545 g/mol. The van der Waals surface area contributed by atoms with Gasteiger partial charge in [0.25, 0.3) is 0 Å². The van der Waals surface area contributed by atoms with Gasteiger partial charge in [0.1, 0.15) is 17.2 Å². The molecule has 2 aliphatic rings. The largest absolute Gasteiger partial charge is 0.382 e. The fraction of sp³-hybridized carbons (Fsp3) is 0.548. The number of rotatable bonds is 8. The normalized spacial score (nSPS) is 20.1. The number of amidine groups is 1. The van der Waals surface area contributed by atoms with Gasteiger partial charge < -0.3 is 15.5 Å². The van der Waals surface area contributed by atoms with Crippen LogP contribution in [0.15, 0.2) is 47.1 Å². The zero-order chi connectivity index (χ0) is 28.8. The Morgan fingerprint density at radius 3 is 2.40 bits per heavy atom. The summed E-state index contributed by atoms with van der Waals surface area (Å²) in [5.74, 6) is 2.00. The van der Waals surface area contributed by atoms with Gasteiger partial charge in [-0.2, -0.15) is 0 Å². The summed E-state index contributed by atoms with van der Waals surface area (Å²) in [7, 11) is 3.85. The summed E-state index contributed by atoms with van der Waals surface area (Å²) in [6.07, 6.45) is 5.19. The van der Waals surface area contributed by atoms with Gasteiger partial charge in [0, 0.05) is 52.4 Å². The Kier molecular flexibility index (Phi) is 9.92. The summed E-state index contributed by atoms with van der Waals surface area (Å²) in [5, 5.41) is 8.61. The number of anilines is 2. The maximum atomic E-state index is 6.42. The van der Waals surface area contributed by atoms with Gasteiger partial charge in [-0.05, 0) is 64.8 Å². The van der Waals surface area contributed by atoms with Gasteiger partial charge in [0.15, 0.2) is 11.6 Å². The number of piperidine rings is 1. The van der Waals surface area contributed by atoms with Crippen LogP contribution in [0, 0.1) is 13.8 Å². The molecule has 1 atom stereocenters. The molecule has 2 aliphatic heterocycles. The van der Waals surface area contributed by atoms with Crippen molar-refractivity contribution in [2.75, 3.05) is 57.5 Å². The summed E-state index contributed by atoms with van der Waals surface area (Å²) >= 11 is 0. The van der Waals surface area contributed by atoms with Gasteiger partial charge in [-0.25, -0.2) is 9.97 Å². The molecule has 40 heavy (non-hydrogen) atoms. The van der Waals surface area contributed by atoms with Crippen LogP contribution in [0.25, 0.3) is 0 Å². The van der Waals surface area contributed by atoms with E-state index in [1.54, 1.807) is 6.08 Å². The van der Waals surface area contributed by atoms with Crippen LogP contribution in [0.3, 0.4) is 0 Å². The molecule has 1 aromatic carbocycles. The maximum absolute atomic E-state index is 6.42. The maximum Gasteiger partial charge on any atom is 0.154 e. The summed E-state index contributed by atoms with van der Waals surface area (Å²) in [6.45, 7) is 18.5. The molecule has 0 amide bonds. The van der Waals surface area contributed by atoms with E-state index in [1.165, 1.54) is 24.0 Å². The van der Waals surface area contributed by atoms with E-state index in [-0.39, 0.29) is 0 Å². The predicted molar refractivity (Wildman–Crippen MR) is 167 cm³/mol. The molecule has 2 fully saturated rings. The first-order chi connectivity index (χ1) is 19.2. The van der Waals surface area contributed by atoms with Crippen LogP contribution >= 0.6 is 0 Å². The highest BCUT2D eigenvalue weighted by atomic mass is 15.3. The molecule has 0 radical (unpaired) electrons. The molecule has 216 valence electrons. The van der Waals surface area contributed by atoms with Crippen molar-refractivity contribution in [1.29, 1.82) is 0 Å². The van der Waals surface area contributed by atoms with Crippen LogP contribution in [-0.4, -0.2) is 95.1 Å². The minimum atomic E-state index is 0.355. The van der Waals surface area contributed by atoms with Crippen LogP contribution in [0.5, 0.6) is 0 Å². The van der Waals surface area contributed by atoms with Crippen LogP contribution in [0.4, 0.5) is 11.6 Å². The van der Waals surface area contributed by atoms with Crippen molar-refractivity contribution in [2.45, 2.75) is 65.6 Å². The van der Waals surface area contributed by atoms with Crippen molar-refractivity contribution in [3.05, 3.63) is 59.4 Å². The van der Waals surface area contributed by atoms with E-state index in [4.69, 9.17) is 15.7 Å². The molecule has 1 unspecified atom stereocenters. The second-order valence-corrected chi connectivity index (χ2v) is 11.3. The molecular formula is C31H47N9. The average Bonchev–Trinajstić information content (AvgIpc) is 2.96. The highest BCUT2D eigenvalue weighted by molar-refractivity contribution is 6.10. The number of piperazine rings is 1. The van der Waals surface area contributed by atoms with Crippen molar-refractivity contribution < 1.29 is 0 Å². The number of allylic oxidation sites excluding steroid dienone is 1. The molecule has 0 saturated carbocycles. The van der Waals surface area contributed by atoms with E-state index < -0.39 is 0 Å². The summed E-state index contributed by atoms with van der Waals surface area (Å²) in [6, 6.07) is 10.1. The third kappa shape index (κ3) is 7.06. The van der Waals surface area contributed by atoms with E-state index in [0.717, 1.165) is 63.0 Å². The number of aromatic nitrogens is 2. The standard InChI is InChI=1S/C31H47N9/c1-8-26-21-39(31-23(4)33-29(30(32)34-31)28(9-2)36-35-24(5)37(6)7)18-19-40(26)27-14-16-38(17-15-27)20-25-12-10-22(3)11-13-25/h9-13,26-27H,2,8,14-21H2,1,3-7H3,(H2,32,34)/b35-24+,36-28+. The van der Waals surface area contributed by atoms with Crippen molar-refractivity contribution in [1.82, 2.24) is 24.7 Å². The zero-order valence-electron chi connectivity index (χ0n) is 25.3. The second-order valence-electron chi connectivity index (χ2n) is 11.3. The van der Waals surface area contributed by atoms with E-state index in [1.807, 2.05) is 32.8 Å². The number of likely N-dealkylation sites (tertiary alicyclic amines) is 1. The van der Waals surface area contributed by atoms with Gasteiger partial charge in [-0.15, -0.1) is 10.2 Å². The molecule has 0 bridgehead atoms. The Morgan fingerprint density at radius 1 is 1.07 bits per heavy atom. The summed E-state index contributed by atoms with van der Waals surface area (Å²) in [5.41, 5.74) is 11.0. The Hall–Kier alpha value is -3.30. The fourth-order valence-electron chi connectivity index (χ4n) is 5.68. The number of nitrogen functional groups attached to an aromatic ring is 1. The molecule has 9 nitrogen and oxygen atoms in total. The Morgan fingerprint density at radius 2 is 1.77 bits per heavy atom. The average molecular weight is 546 g/mol. The number of aryl methyl sites for hydroxylation is 2. The van der Waals surface area contributed by atoms with Gasteiger partial charge in [-0.1, -0.05) is 43.3 Å². The fourth-order valence-corrected chi connectivity index (χ4v) is 5.68. The van der Waals surface area contributed by atoms with Crippen molar-refractivity contribution in [2.24, 2.45) is 10.2 Å². The lowest BCUT2D eigenvalue weighted by Crippen LogP contribution is -2.58. The SMILES string of the molecule is C=C/C(=N\N=C(/C)N(C)C)c1nc(C)c(N2CCN(C3CCN(Cc4ccc(C)cc4)CC3)C(CC)C2)nc1N. The van der Waals surface area contributed by atoms with Gasteiger partial charge in [0.2, 0.25) is 0 Å².